The maximum atomic E-state index is 11.7. The Morgan fingerprint density at radius 1 is 1.22 bits per heavy atom. The summed E-state index contributed by atoms with van der Waals surface area (Å²) in [5, 5.41) is 0. The maximum absolute atomic E-state index is 11.7. The van der Waals surface area contributed by atoms with E-state index in [1.165, 1.54) is 5.56 Å². The Morgan fingerprint density at radius 3 is 2.72 bits per heavy atom. The first-order valence-electron chi connectivity index (χ1n) is 6.04. The van der Waals surface area contributed by atoms with Gasteiger partial charge in [-0.25, -0.2) is 0 Å². The first-order valence-corrected chi connectivity index (χ1v) is 6.04. The van der Waals surface area contributed by atoms with Gasteiger partial charge in [-0.15, -0.1) is 0 Å². The molecule has 0 amide bonds. The summed E-state index contributed by atoms with van der Waals surface area (Å²) < 4.78 is 10.4. The molecule has 0 aliphatic heterocycles. The number of fused-ring (bicyclic) bond motifs is 1. The third-order valence-electron chi connectivity index (χ3n) is 3.50. The molecule has 1 aliphatic carbocycles. The van der Waals surface area contributed by atoms with Crippen molar-refractivity contribution in [3.05, 3.63) is 53.5 Å². The molecule has 3 heteroatoms. The number of carbonyl (C=O) groups is 1. The van der Waals surface area contributed by atoms with Crippen LogP contribution in [0.15, 0.2) is 41.0 Å². The van der Waals surface area contributed by atoms with Crippen LogP contribution in [0.1, 0.15) is 40.4 Å². The van der Waals surface area contributed by atoms with E-state index in [2.05, 4.69) is 12.1 Å². The van der Waals surface area contributed by atoms with Gasteiger partial charge in [-0.1, -0.05) is 12.1 Å². The van der Waals surface area contributed by atoms with Crippen molar-refractivity contribution in [1.82, 2.24) is 0 Å². The van der Waals surface area contributed by atoms with Gasteiger partial charge in [0.05, 0.1) is 13.4 Å². The molecule has 1 unspecified atom stereocenters. The molecule has 0 bridgehead atoms. The molecule has 0 saturated heterocycles. The minimum absolute atomic E-state index is 0.111. The third-order valence-corrected chi connectivity index (χ3v) is 3.50. The van der Waals surface area contributed by atoms with Crippen LogP contribution in [0.25, 0.3) is 0 Å². The molecule has 1 atom stereocenters. The zero-order valence-corrected chi connectivity index (χ0v) is 10.2. The number of hydrogen-bond acceptors (Lipinski definition) is 3. The Bertz CT molecular complexity index is 566. The standard InChI is InChI=1S/C15H14O3/c1-17-11-4-2-10(3-5-11)12-6-7-14(16)15-13(12)8-9-18-15/h2-5,8-9,12H,6-7H2,1H3. The summed E-state index contributed by atoms with van der Waals surface area (Å²) in [5.41, 5.74) is 2.21. The number of Topliss-reactive ketones (excluding diaryl/α,β-unsaturated/α-hetero) is 1. The first-order chi connectivity index (χ1) is 8.79. The van der Waals surface area contributed by atoms with Gasteiger partial charge < -0.3 is 9.15 Å². The molecule has 2 aromatic rings. The normalized spacial score (nSPS) is 18.5. The van der Waals surface area contributed by atoms with E-state index in [1.54, 1.807) is 13.4 Å². The highest BCUT2D eigenvalue weighted by molar-refractivity contribution is 5.96. The van der Waals surface area contributed by atoms with Crippen molar-refractivity contribution < 1.29 is 13.9 Å². The van der Waals surface area contributed by atoms with Crippen LogP contribution in [0.5, 0.6) is 5.75 Å². The number of rotatable bonds is 2. The molecule has 0 N–H and O–H groups in total. The van der Waals surface area contributed by atoms with Crippen molar-refractivity contribution >= 4 is 5.78 Å². The van der Waals surface area contributed by atoms with Crippen LogP contribution in [0.2, 0.25) is 0 Å². The van der Waals surface area contributed by atoms with Crippen molar-refractivity contribution in [2.75, 3.05) is 7.11 Å². The number of ketones is 1. The van der Waals surface area contributed by atoms with E-state index in [-0.39, 0.29) is 11.7 Å². The number of methoxy groups -OCH3 is 1. The molecule has 3 nitrogen and oxygen atoms in total. The van der Waals surface area contributed by atoms with Gasteiger partial charge in [0, 0.05) is 17.9 Å². The lowest BCUT2D eigenvalue weighted by Crippen LogP contribution is -2.14. The average molecular weight is 242 g/mol. The van der Waals surface area contributed by atoms with Crippen LogP contribution in [-0.2, 0) is 0 Å². The van der Waals surface area contributed by atoms with Crippen LogP contribution < -0.4 is 4.74 Å². The number of benzene rings is 1. The van der Waals surface area contributed by atoms with E-state index in [9.17, 15) is 4.79 Å². The fourth-order valence-corrected chi connectivity index (χ4v) is 2.55. The minimum Gasteiger partial charge on any atom is -0.497 e. The van der Waals surface area contributed by atoms with Gasteiger partial charge in [0.25, 0.3) is 0 Å². The van der Waals surface area contributed by atoms with Gasteiger partial charge in [-0.3, -0.25) is 4.79 Å². The van der Waals surface area contributed by atoms with E-state index in [0.717, 1.165) is 17.7 Å². The molecule has 92 valence electrons. The summed E-state index contributed by atoms with van der Waals surface area (Å²) in [6, 6.07) is 9.91. The van der Waals surface area contributed by atoms with Crippen molar-refractivity contribution in [3.63, 3.8) is 0 Å². The highest BCUT2D eigenvalue weighted by Crippen LogP contribution is 2.37. The fourth-order valence-electron chi connectivity index (χ4n) is 2.55. The molecule has 1 aromatic heterocycles. The summed E-state index contributed by atoms with van der Waals surface area (Å²) in [6.45, 7) is 0. The zero-order chi connectivity index (χ0) is 12.5. The Balaban J connectivity index is 1.98. The SMILES string of the molecule is COc1ccc(C2CCC(=O)c3occc32)cc1. The highest BCUT2D eigenvalue weighted by Gasteiger charge is 2.29. The molecule has 3 rings (SSSR count). The Morgan fingerprint density at radius 2 is 2.00 bits per heavy atom. The molecule has 1 aliphatic rings. The van der Waals surface area contributed by atoms with Crippen molar-refractivity contribution in [3.8, 4) is 5.75 Å². The van der Waals surface area contributed by atoms with Gasteiger partial charge >= 0.3 is 0 Å². The number of furan rings is 1. The Kier molecular flexibility index (Phi) is 2.67. The summed E-state index contributed by atoms with van der Waals surface area (Å²) in [5.74, 6) is 1.74. The molecule has 1 aromatic carbocycles. The predicted molar refractivity (Wildman–Crippen MR) is 67.1 cm³/mol. The topological polar surface area (TPSA) is 39.4 Å². The number of ether oxygens (including phenoxy) is 1. The van der Waals surface area contributed by atoms with Crippen molar-refractivity contribution in [2.24, 2.45) is 0 Å². The van der Waals surface area contributed by atoms with Crippen LogP contribution in [0.4, 0.5) is 0 Å². The minimum atomic E-state index is 0.111. The van der Waals surface area contributed by atoms with Crippen LogP contribution in [0.3, 0.4) is 0 Å². The Hall–Kier alpha value is -2.03. The van der Waals surface area contributed by atoms with Crippen molar-refractivity contribution in [2.45, 2.75) is 18.8 Å². The van der Waals surface area contributed by atoms with E-state index < -0.39 is 0 Å². The molecule has 0 spiro atoms. The van der Waals surface area contributed by atoms with Crippen LogP contribution >= 0.6 is 0 Å². The van der Waals surface area contributed by atoms with Gasteiger partial charge in [-0.05, 0) is 30.2 Å². The van der Waals surface area contributed by atoms with Gasteiger partial charge in [0.15, 0.2) is 11.5 Å². The average Bonchev–Trinajstić information content (AvgIpc) is 2.90. The largest absolute Gasteiger partial charge is 0.497 e. The summed E-state index contributed by atoms with van der Waals surface area (Å²) in [6.07, 6.45) is 3.00. The lowest BCUT2D eigenvalue weighted by molar-refractivity contribution is 0.0940. The smallest absolute Gasteiger partial charge is 0.198 e. The highest BCUT2D eigenvalue weighted by atomic mass is 16.5. The predicted octanol–water partition coefficient (Wildman–Crippen LogP) is 3.40. The summed E-state index contributed by atoms with van der Waals surface area (Å²) in [7, 11) is 1.66. The number of carbonyl (C=O) groups excluding carboxylic acids is 1. The van der Waals surface area contributed by atoms with Gasteiger partial charge in [0.1, 0.15) is 5.75 Å². The maximum Gasteiger partial charge on any atom is 0.198 e. The molecule has 18 heavy (non-hydrogen) atoms. The van der Waals surface area contributed by atoms with E-state index in [0.29, 0.717) is 12.2 Å². The summed E-state index contributed by atoms with van der Waals surface area (Å²) in [4.78, 5) is 11.7. The van der Waals surface area contributed by atoms with Crippen LogP contribution in [-0.4, -0.2) is 12.9 Å². The number of hydrogen-bond donors (Lipinski definition) is 0. The second kappa shape index (κ2) is 4.33. The molecular formula is C15H14O3. The second-order valence-electron chi connectivity index (χ2n) is 4.49. The second-order valence-corrected chi connectivity index (χ2v) is 4.49. The van der Waals surface area contributed by atoms with E-state index in [4.69, 9.17) is 9.15 Å². The molecule has 0 radical (unpaired) electrons. The molecule has 1 heterocycles. The van der Waals surface area contributed by atoms with Crippen molar-refractivity contribution in [1.29, 1.82) is 0 Å². The molecule has 0 saturated carbocycles. The fraction of sp³-hybridized carbons (Fsp3) is 0.267. The quantitative estimate of drug-likeness (QED) is 0.810. The lowest BCUT2D eigenvalue weighted by Gasteiger charge is -2.21. The first kappa shape index (κ1) is 11.1. The van der Waals surface area contributed by atoms with Gasteiger partial charge in [0.2, 0.25) is 0 Å². The monoisotopic (exact) mass is 242 g/mol. The molecular weight excluding hydrogens is 228 g/mol. The lowest BCUT2D eigenvalue weighted by atomic mass is 9.82. The summed E-state index contributed by atoms with van der Waals surface area (Å²) >= 11 is 0. The zero-order valence-electron chi connectivity index (χ0n) is 10.2. The molecule has 0 fully saturated rings. The van der Waals surface area contributed by atoms with Gasteiger partial charge in [-0.2, -0.15) is 0 Å². The third kappa shape index (κ3) is 1.72. The van der Waals surface area contributed by atoms with Crippen LogP contribution in [0, 0.1) is 0 Å². The van der Waals surface area contributed by atoms with E-state index >= 15 is 0 Å². The van der Waals surface area contributed by atoms with E-state index in [1.807, 2.05) is 18.2 Å². The Labute approximate surface area is 105 Å².